The van der Waals surface area contributed by atoms with E-state index in [4.69, 9.17) is 10.00 Å². The van der Waals surface area contributed by atoms with Gasteiger partial charge in [0.2, 0.25) is 5.91 Å². The van der Waals surface area contributed by atoms with Gasteiger partial charge >= 0.3 is 6.09 Å². The van der Waals surface area contributed by atoms with Crippen LogP contribution in [0.4, 0.5) is 4.79 Å². The summed E-state index contributed by atoms with van der Waals surface area (Å²) in [7, 11) is 0. The van der Waals surface area contributed by atoms with E-state index in [1.54, 1.807) is 0 Å². The molecule has 6 nitrogen and oxygen atoms in total. The number of carbonyl (C=O) groups excluding carboxylic acids is 2. The average molecular weight is 303 g/mol. The van der Waals surface area contributed by atoms with Gasteiger partial charge in [0.25, 0.3) is 0 Å². The number of nitrogens with one attached hydrogen (secondary N) is 2. The minimum absolute atomic E-state index is 0.0251. The molecule has 6 heteroatoms. The number of nitriles is 1. The van der Waals surface area contributed by atoms with Crippen molar-refractivity contribution >= 4 is 12.0 Å². The third-order valence-corrected chi connectivity index (χ3v) is 3.04. The quantitative estimate of drug-likeness (QED) is 0.718. The van der Waals surface area contributed by atoms with Crippen molar-refractivity contribution in [2.24, 2.45) is 5.92 Å². The first kappa shape index (κ1) is 17.5. The number of rotatable bonds is 8. The van der Waals surface area contributed by atoms with Gasteiger partial charge in [-0.2, -0.15) is 5.26 Å². The van der Waals surface area contributed by atoms with E-state index in [1.807, 2.05) is 43.3 Å². The number of nitrogens with zero attached hydrogens (tertiary/aromatic N) is 1. The number of amides is 2. The van der Waals surface area contributed by atoms with Gasteiger partial charge in [0.1, 0.15) is 13.2 Å². The Morgan fingerprint density at radius 3 is 2.68 bits per heavy atom. The van der Waals surface area contributed by atoms with Crippen LogP contribution in [-0.2, 0) is 16.1 Å². The van der Waals surface area contributed by atoms with Crippen LogP contribution in [0.25, 0.3) is 0 Å². The molecule has 0 aliphatic heterocycles. The van der Waals surface area contributed by atoms with Crippen LogP contribution in [0, 0.1) is 17.2 Å². The van der Waals surface area contributed by atoms with E-state index in [2.05, 4.69) is 10.6 Å². The number of hydrogen-bond acceptors (Lipinski definition) is 4. The molecule has 0 fully saturated rings. The monoisotopic (exact) mass is 303 g/mol. The summed E-state index contributed by atoms with van der Waals surface area (Å²) in [4.78, 5) is 22.9. The highest BCUT2D eigenvalue weighted by Gasteiger charge is 2.09. The number of carbonyl (C=O) groups is 2. The molecule has 1 rings (SSSR count). The summed E-state index contributed by atoms with van der Waals surface area (Å²) in [6, 6.07) is 11.3. The van der Waals surface area contributed by atoms with Crippen molar-refractivity contribution in [1.82, 2.24) is 10.6 Å². The molecule has 0 heterocycles. The first-order chi connectivity index (χ1) is 10.6. The van der Waals surface area contributed by atoms with Gasteiger partial charge in [0, 0.05) is 13.0 Å². The molecule has 1 atom stereocenters. The van der Waals surface area contributed by atoms with Gasteiger partial charge in [0.05, 0.1) is 6.07 Å². The largest absolute Gasteiger partial charge is 0.445 e. The number of ether oxygens (including phenoxy) is 1. The van der Waals surface area contributed by atoms with E-state index in [9.17, 15) is 9.59 Å². The molecular formula is C16H21N3O3. The molecule has 0 radical (unpaired) electrons. The summed E-state index contributed by atoms with van der Waals surface area (Å²) in [5.74, 6) is -0.00262. The van der Waals surface area contributed by atoms with Gasteiger partial charge in [-0.25, -0.2) is 4.79 Å². The Labute approximate surface area is 130 Å². The molecule has 0 aliphatic rings. The predicted octanol–water partition coefficient (Wildman–Crippen LogP) is 1.97. The molecule has 22 heavy (non-hydrogen) atoms. The van der Waals surface area contributed by atoms with Gasteiger partial charge in [-0.3, -0.25) is 4.79 Å². The zero-order valence-corrected chi connectivity index (χ0v) is 12.7. The lowest BCUT2D eigenvalue weighted by Gasteiger charge is -2.12. The normalized spacial score (nSPS) is 11.1. The van der Waals surface area contributed by atoms with Crippen LogP contribution in [-0.4, -0.2) is 25.1 Å². The lowest BCUT2D eigenvalue weighted by molar-refractivity contribution is -0.121. The van der Waals surface area contributed by atoms with E-state index in [0.717, 1.165) is 5.56 Å². The van der Waals surface area contributed by atoms with Crippen molar-refractivity contribution in [3.8, 4) is 6.07 Å². The molecule has 1 aromatic carbocycles. The summed E-state index contributed by atoms with van der Waals surface area (Å²) in [6.45, 7) is 2.64. The maximum Gasteiger partial charge on any atom is 0.407 e. The molecule has 0 spiro atoms. The maximum absolute atomic E-state index is 11.6. The molecule has 2 N–H and O–H groups in total. The van der Waals surface area contributed by atoms with E-state index in [1.165, 1.54) is 0 Å². The van der Waals surface area contributed by atoms with Crippen LogP contribution in [0.3, 0.4) is 0 Å². The highest BCUT2D eigenvalue weighted by atomic mass is 16.5. The second-order valence-corrected chi connectivity index (χ2v) is 5.02. The highest BCUT2D eigenvalue weighted by molar-refractivity contribution is 5.76. The van der Waals surface area contributed by atoms with Crippen LogP contribution in [0.15, 0.2) is 30.3 Å². The molecule has 0 aliphatic carbocycles. The molecule has 1 aromatic rings. The lowest BCUT2D eigenvalue weighted by atomic mass is 10.1. The SMILES string of the molecule is CC(CCC(=O)NCC#N)CNC(=O)OCc1ccccc1. The first-order valence-electron chi connectivity index (χ1n) is 7.20. The Bertz CT molecular complexity index is 511. The van der Waals surface area contributed by atoms with E-state index >= 15 is 0 Å². The van der Waals surface area contributed by atoms with Crippen molar-refractivity contribution < 1.29 is 14.3 Å². The molecule has 0 aromatic heterocycles. The van der Waals surface area contributed by atoms with Gasteiger partial charge in [-0.05, 0) is 17.9 Å². The Hall–Kier alpha value is -2.55. The number of alkyl carbamates (subject to hydrolysis) is 1. The van der Waals surface area contributed by atoms with Crippen LogP contribution in [0.1, 0.15) is 25.3 Å². The molecule has 1 unspecified atom stereocenters. The zero-order valence-electron chi connectivity index (χ0n) is 12.7. The van der Waals surface area contributed by atoms with Gasteiger partial charge < -0.3 is 15.4 Å². The van der Waals surface area contributed by atoms with Gasteiger partial charge in [-0.15, -0.1) is 0 Å². The summed E-state index contributed by atoms with van der Waals surface area (Å²) < 4.78 is 5.09. The zero-order chi connectivity index (χ0) is 16.2. The Morgan fingerprint density at radius 1 is 1.27 bits per heavy atom. The second kappa shape index (κ2) is 10.2. The fourth-order valence-corrected chi connectivity index (χ4v) is 1.74. The van der Waals surface area contributed by atoms with Crippen LogP contribution in [0.5, 0.6) is 0 Å². The Kier molecular flexibility index (Phi) is 8.13. The molecule has 0 bridgehead atoms. The molecule has 2 amide bonds. The summed E-state index contributed by atoms with van der Waals surface area (Å²) in [5, 5.41) is 13.5. The summed E-state index contributed by atoms with van der Waals surface area (Å²) >= 11 is 0. The van der Waals surface area contributed by atoms with Gasteiger partial charge in [-0.1, -0.05) is 37.3 Å². The van der Waals surface area contributed by atoms with Crippen molar-refractivity contribution in [1.29, 1.82) is 5.26 Å². The molecule has 118 valence electrons. The molecule has 0 saturated heterocycles. The lowest BCUT2D eigenvalue weighted by Crippen LogP contribution is -2.30. The first-order valence-corrected chi connectivity index (χ1v) is 7.20. The smallest absolute Gasteiger partial charge is 0.407 e. The minimum atomic E-state index is -0.468. The van der Waals surface area contributed by atoms with Crippen LogP contribution in [0.2, 0.25) is 0 Å². The highest BCUT2D eigenvalue weighted by Crippen LogP contribution is 2.05. The third-order valence-electron chi connectivity index (χ3n) is 3.04. The Morgan fingerprint density at radius 2 is 2.00 bits per heavy atom. The molecule has 0 saturated carbocycles. The number of hydrogen-bond donors (Lipinski definition) is 2. The Balaban J connectivity index is 2.13. The minimum Gasteiger partial charge on any atom is -0.445 e. The van der Waals surface area contributed by atoms with Crippen molar-refractivity contribution in [3.05, 3.63) is 35.9 Å². The van der Waals surface area contributed by atoms with E-state index < -0.39 is 6.09 Å². The summed E-state index contributed by atoms with van der Waals surface area (Å²) in [6.07, 6.45) is 0.504. The second-order valence-electron chi connectivity index (χ2n) is 5.02. The van der Waals surface area contributed by atoms with E-state index in [-0.39, 0.29) is 25.0 Å². The third kappa shape index (κ3) is 7.90. The standard InChI is InChI=1S/C16H21N3O3/c1-13(7-8-15(20)18-10-9-17)11-19-16(21)22-12-14-5-3-2-4-6-14/h2-6,13H,7-8,10-12H2,1H3,(H,18,20)(H,19,21). The topological polar surface area (TPSA) is 91.2 Å². The fourth-order valence-electron chi connectivity index (χ4n) is 1.74. The summed E-state index contributed by atoms with van der Waals surface area (Å²) in [5.41, 5.74) is 0.930. The fraction of sp³-hybridized carbons (Fsp3) is 0.438. The van der Waals surface area contributed by atoms with Crippen molar-refractivity contribution in [3.63, 3.8) is 0 Å². The van der Waals surface area contributed by atoms with Crippen LogP contribution < -0.4 is 10.6 Å². The number of benzene rings is 1. The maximum atomic E-state index is 11.6. The van der Waals surface area contributed by atoms with Crippen molar-refractivity contribution in [2.45, 2.75) is 26.4 Å². The van der Waals surface area contributed by atoms with Crippen molar-refractivity contribution in [2.75, 3.05) is 13.1 Å². The predicted molar refractivity (Wildman–Crippen MR) is 81.7 cm³/mol. The average Bonchev–Trinajstić information content (AvgIpc) is 2.55. The van der Waals surface area contributed by atoms with Crippen LogP contribution >= 0.6 is 0 Å². The van der Waals surface area contributed by atoms with Gasteiger partial charge in [0.15, 0.2) is 0 Å². The van der Waals surface area contributed by atoms with E-state index in [0.29, 0.717) is 19.4 Å². The molecular weight excluding hydrogens is 282 g/mol.